The molecular weight excluding hydrogens is 216 g/mol. The Morgan fingerprint density at radius 3 is 3.06 bits per heavy atom. The van der Waals surface area contributed by atoms with E-state index in [0.717, 1.165) is 25.8 Å². The van der Waals surface area contributed by atoms with Crippen molar-refractivity contribution in [3.8, 4) is 0 Å². The van der Waals surface area contributed by atoms with Crippen LogP contribution in [0.3, 0.4) is 0 Å². The Morgan fingerprint density at radius 1 is 1.47 bits per heavy atom. The van der Waals surface area contributed by atoms with Crippen molar-refractivity contribution in [1.29, 1.82) is 0 Å². The fourth-order valence-electron chi connectivity index (χ4n) is 2.44. The molecule has 0 aromatic carbocycles. The lowest BCUT2D eigenvalue weighted by Gasteiger charge is -2.35. The number of likely N-dealkylation sites (tertiary alicyclic amines) is 1. The quantitative estimate of drug-likeness (QED) is 0.833. The van der Waals surface area contributed by atoms with Gasteiger partial charge in [-0.2, -0.15) is 5.10 Å². The van der Waals surface area contributed by atoms with Crippen LogP contribution >= 0.6 is 0 Å². The molecule has 1 saturated heterocycles. The van der Waals surface area contributed by atoms with Crippen molar-refractivity contribution in [2.45, 2.75) is 38.3 Å². The summed E-state index contributed by atoms with van der Waals surface area (Å²) in [6.45, 7) is 1.86. The minimum atomic E-state index is 0.159. The molecule has 0 bridgehead atoms. The van der Waals surface area contributed by atoms with Crippen molar-refractivity contribution in [3.05, 3.63) is 18.5 Å². The number of amides is 1. The number of carbonyl (C=O) groups excluding carboxylic acids is 1. The molecule has 1 aliphatic heterocycles. The van der Waals surface area contributed by atoms with Crippen molar-refractivity contribution < 1.29 is 4.79 Å². The molecule has 2 N–H and O–H groups in total. The van der Waals surface area contributed by atoms with E-state index in [1.807, 2.05) is 17.2 Å². The highest BCUT2D eigenvalue weighted by atomic mass is 16.2. The molecule has 0 saturated carbocycles. The standard InChI is InChI=1S/C12H20N4O/c13-6-5-11-4-1-2-9-16(11)12(17)10-15-8-3-7-14-15/h3,7-8,11H,1-2,4-6,9-10,13H2. The van der Waals surface area contributed by atoms with Crippen molar-refractivity contribution in [3.63, 3.8) is 0 Å². The number of rotatable bonds is 4. The van der Waals surface area contributed by atoms with Gasteiger partial charge in [0.15, 0.2) is 0 Å². The molecule has 2 rings (SSSR count). The average molecular weight is 236 g/mol. The van der Waals surface area contributed by atoms with Gasteiger partial charge in [0.2, 0.25) is 5.91 Å². The fraction of sp³-hybridized carbons (Fsp3) is 0.667. The fourth-order valence-corrected chi connectivity index (χ4v) is 2.44. The zero-order chi connectivity index (χ0) is 12.1. The number of nitrogens with zero attached hydrogens (tertiary/aromatic N) is 3. The molecule has 1 aliphatic rings. The van der Waals surface area contributed by atoms with E-state index in [1.165, 1.54) is 6.42 Å². The first-order chi connectivity index (χ1) is 8.31. The van der Waals surface area contributed by atoms with Gasteiger partial charge >= 0.3 is 0 Å². The minimum Gasteiger partial charge on any atom is -0.338 e. The second-order valence-electron chi connectivity index (χ2n) is 4.52. The topological polar surface area (TPSA) is 64.2 Å². The molecule has 1 aromatic rings. The smallest absolute Gasteiger partial charge is 0.244 e. The van der Waals surface area contributed by atoms with E-state index in [4.69, 9.17) is 5.73 Å². The summed E-state index contributed by atoms with van der Waals surface area (Å²) in [5, 5.41) is 4.07. The van der Waals surface area contributed by atoms with Gasteiger partial charge in [0, 0.05) is 25.0 Å². The molecule has 0 aliphatic carbocycles. The highest BCUT2D eigenvalue weighted by Crippen LogP contribution is 2.19. The Morgan fingerprint density at radius 2 is 2.35 bits per heavy atom. The van der Waals surface area contributed by atoms with Crippen LogP contribution in [-0.4, -0.2) is 39.7 Å². The van der Waals surface area contributed by atoms with Gasteiger partial charge in [-0.1, -0.05) is 0 Å². The largest absolute Gasteiger partial charge is 0.338 e. The number of nitrogens with two attached hydrogens (primary N) is 1. The summed E-state index contributed by atoms with van der Waals surface area (Å²) in [7, 11) is 0. The lowest BCUT2D eigenvalue weighted by molar-refractivity contribution is -0.135. The zero-order valence-corrected chi connectivity index (χ0v) is 10.1. The molecule has 1 unspecified atom stereocenters. The highest BCUT2D eigenvalue weighted by Gasteiger charge is 2.25. The first-order valence-corrected chi connectivity index (χ1v) is 6.28. The number of aromatic nitrogens is 2. The summed E-state index contributed by atoms with van der Waals surface area (Å²) < 4.78 is 1.68. The number of hydrogen-bond donors (Lipinski definition) is 1. The van der Waals surface area contributed by atoms with E-state index in [2.05, 4.69) is 5.10 Å². The van der Waals surface area contributed by atoms with Gasteiger partial charge in [-0.15, -0.1) is 0 Å². The molecule has 0 radical (unpaired) electrons. The summed E-state index contributed by atoms with van der Waals surface area (Å²) >= 11 is 0. The van der Waals surface area contributed by atoms with E-state index < -0.39 is 0 Å². The summed E-state index contributed by atoms with van der Waals surface area (Å²) in [4.78, 5) is 14.2. The molecule has 17 heavy (non-hydrogen) atoms. The predicted molar refractivity (Wildman–Crippen MR) is 65.3 cm³/mol. The van der Waals surface area contributed by atoms with Crippen molar-refractivity contribution in [1.82, 2.24) is 14.7 Å². The van der Waals surface area contributed by atoms with Crippen LogP contribution in [0.4, 0.5) is 0 Å². The van der Waals surface area contributed by atoms with Gasteiger partial charge in [0.1, 0.15) is 6.54 Å². The van der Waals surface area contributed by atoms with Crippen LogP contribution in [0.25, 0.3) is 0 Å². The Hall–Kier alpha value is -1.36. The molecule has 0 spiro atoms. The van der Waals surface area contributed by atoms with Crippen molar-refractivity contribution in [2.75, 3.05) is 13.1 Å². The Kier molecular flexibility index (Phi) is 4.14. The van der Waals surface area contributed by atoms with Gasteiger partial charge in [0.05, 0.1) is 0 Å². The Balaban J connectivity index is 1.96. The maximum absolute atomic E-state index is 12.2. The van der Waals surface area contributed by atoms with Gasteiger partial charge in [-0.3, -0.25) is 9.48 Å². The predicted octanol–water partition coefficient (Wildman–Crippen LogP) is 0.613. The van der Waals surface area contributed by atoms with Gasteiger partial charge in [0.25, 0.3) is 0 Å². The number of hydrogen-bond acceptors (Lipinski definition) is 3. The van der Waals surface area contributed by atoms with E-state index in [0.29, 0.717) is 19.1 Å². The van der Waals surface area contributed by atoms with Crippen LogP contribution < -0.4 is 5.73 Å². The summed E-state index contributed by atoms with van der Waals surface area (Å²) in [5.74, 6) is 0.159. The first-order valence-electron chi connectivity index (χ1n) is 6.28. The van der Waals surface area contributed by atoms with Crippen molar-refractivity contribution in [2.24, 2.45) is 5.73 Å². The molecule has 1 atom stereocenters. The third kappa shape index (κ3) is 3.06. The number of carbonyl (C=O) groups is 1. The third-order valence-electron chi connectivity index (χ3n) is 3.30. The molecular formula is C12H20N4O. The van der Waals surface area contributed by atoms with Crippen LogP contribution in [0.2, 0.25) is 0 Å². The summed E-state index contributed by atoms with van der Waals surface area (Å²) in [5.41, 5.74) is 5.60. The van der Waals surface area contributed by atoms with E-state index in [1.54, 1.807) is 10.9 Å². The van der Waals surface area contributed by atoms with Crippen LogP contribution in [0.15, 0.2) is 18.5 Å². The monoisotopic (exact) mass is 236 g/mol. The lowest BCUT2D eigenvalue weighted by Crippen LogP contribution is -2.46. The second kappa shape index (κ2) is 5.82. The number of piperidine rings is 1. The van der Waals surface area contributed by atoms with Gasteiger partial charge < -0.3 is 10.6 Å². The van der Waals surface area contributed by atoms with Crippen molar-refractivity contribution >= 4 is 5.91 Å². The summed E-state index contributed by atoms with van der Waals surface area (Å²) in [6.07, 6.45) is 7.82. The van der Waals surface area contributed by atoms with Gasteiger partial charge in [-0.05, 0) is 38.3 Å². The Labute approximate surface area is 102 Å². The lowest BCUT2D eigenvalue weighted by atomic mass is 9.99. The highest BCUT2D eigenvalue weighted by molar-refractivity contribution is 5.76. The third-order valence-corrected chi connectivity index (χ3v) is 3.30. The molecule has 2 heterocycles. The van der Waals surface area contributed by atoms with Crippen LogP contribution in [0, 0.1) is 0 Å². The molecule has 1 amide bonds. The maximum Gasteiger partial charge on any atom is 0.244 e. The Bertz CT molecular complexity index is 347. The van der Waals surface area contributed by atoms with Crippen LogP contribution in [0.1, 0.15) is 25.7 Å². The molecule has 94 valence electrons. The van der Waals surface area contributed by atoms with Gasteiger partial charge in [-0.25, -0.2) is 0 Å². The minimum absolute atomic E-state index is 0.159. The first kappa shape index (κ1) is 12.1. The SMILES string of the molecule is NCCC1CCCCN1C(=O)Cn1cccn1. The molecule has 1 fully saturated rings. The van der Waals surface area contributed by atoms with Crippen LogP contribution in [-0.2, 0) is 11.3 Å². The van der Waals surface area contributed by atoms with E-state index >= 15 is 0 Å². The molecule has 1 aromatic heterocycles. The maximum atomic E-state index is 12.2. The normalized spacial score (nSPS) is 20.5. The van der Waals surface area contributed by atoms with E-state index in [9.17, 15) is 4.79 Å². The van der Waals surface area contributed by atoms with E-state index in [-0.39, 0.29) is 5.91 Å². The summed E-state index contributed by atoms with van der Waals surface area (Å²) in [6, 6.07) is 2.16. The molecule has 5 nitrogen and oxygen atoms in total. The van der Waals surface area contributed by atoms with Crippen LogP contribution in [0.5, 0.6) is 0 Å². The zero-order valence-electron chi connectivity index (χ0n) is 10.1. The average Bonchev–Trinajstić information content (AvgIpc) is 2.83. The second-order valence-corrected chi connectivity index (χ2v) is 4.52. The molecule has 5 heteroatoms.